The normalized spacial score (nSPS) is 17.8. The summed E-state index contributed by atoms with van der Waals surface area (Å²) in [5.41, 5.74) is 3.68. The van der Waals surface area contributed by atoms with Crippen LogP contribution in [0.1, 0.15) is 36.1 Å². The molecule has 1 aromatic heterocycles. The van der Waals surface area contributed by atoms with Gasteiger partial charge >= 0.3 is 0 Å². The van der Waals surface area contributed by atoms with Crippen LogP contribution in [0.4, 0.5) is 5.69 Å². The first-order chi connectivity index (χ1) is 18.9. The molecular weight excluding hydrogens is 496 g/mol. The molecule has 1 fully saturated rings. The average molecular weight is 529 g/mol. The van der Waals surface area contributed by atoms with E-state index in [2.05, 4.69) is 21.7 Å². The molecule has 2 N–H and O–H groups in total. The van der Waals surface area contributed by atoms with Gasteiger partial charge in [0.05, 0.1) is 13.7 Å². The molecule has 1 saturated heterocycles. The van der Waals surface area contributed by atoms with E-state index >= 15 is 0 Å². The van der Waals surface area contributed by atoms with Gasteiger partial charge in [0.15, 0.2) is 6.19 Å². The largest absolute Gasteiger partial charge is 0.496 e. The summed E-state index contributed by atoms with van der Waals surface area (Å²) in [6.07, 6.45) is 4.76. The van der Waals surface area contributed by atoms with Crippen LogP contribution in [-0.2, 0) is 22.6 Å². The molecule has 2 aliphatic heterocycles. The van der Waals surface area contributed by atoms with Crippen molar-refractivity contribution in [3.8, 4) is 11.9 Å². The number of nitriles is 1. The number of ether oxygens (including phenoxy) is 1. The number of carbonyl (C=O) groups excluding carboxylic acids is 2. The van der Waals surface area contributed by atoms with Gasteiger partial charge in [0.2, 0.25) is 17.8 Å². The Morgan fingerprint density at radius 1 is 1.23 bits per heavy atom. The molecule has 5 rings (SSSR count). The maximum Gasteiger partial charge on any atom is 0.247 e. The zero-order chi connectivity index (χ0) is 27.4. The Labute approximate surface area is 227 Å². The first kappa shape index (κ1) is 26.1. The number of carbonyl (C=O) groups is 2. The van der Waals surface area contributed by atoms with Crippen molar-refractivity contribution < 1.29 is 18.7 Å². The number of nitrogens with zero attached hydrogens (tertiary/aromatic N) is 4. The van der Waals surface area contributed by atoms with Gasteiger partial charge in [-0.2, -0.15) is 5.26 Å². The molecule has 1 atom stereocenters. The van der Waals surface area contributed by atoms with Crippen molar-refractivity contribution >= 4 is 34.4 Å². The van der Waals surface area contributed by atoms with E-state index in [0.29, 0.717) is 31.7 Å². The number of methoxy groups -OCH3 is 1. The molecule has 0 radical (unpaired) electrons. The molecule has 202 valence electrons. The van der Waals surface area contributed by atoms with Crippen molar-refractivity contribution in [1.82, 2.24) is 15.1 Å². The zero-order valence-electron chi connectivity index (χ0n) is 22.2. The van der Waals surface area contributed by atoms with Gasteiger partial charge in [0.25, 0.3) is 0 Å². The van der Waals surface area contributed by atoms with E-state index in [4.69, 9.17) is 9.15 Å². The van der Waals surface area contributed by atoms with Crippen LogP contribution in [0, 0.1) is 18.4 Å². The quantitative estimate of drug-likeness (QED) is 0.225. The second-order valence-electron chi connectivity index (χ2n) is 9.88. The Kier molecular flexibility index (Phi) is 7.68. The summed E-state index contributed by atoms with van der Waals surface area (Å²) in [5, 5.41) is 15.9. The number of rotatable bonds is 5. The summed E-state index contributed by atoms with van der Waals surface area (Å²) in [5.74, 6) is 1.45. The highest BCUT2D eigenvalue weighted by Crippen LogP contribution is 2.28. The summed E-state index contributed by atoms with van der Waals surface area (Å²) in [4.78, 5) is 34.8. The molecule has 0 unspecified atom stereocenters. The molecule has 0 bridgehead atoms. The van der Waals surface area contributed by atoms with Crippen molar-refractivity contribution in [2.75, 3.05) is 32.1 Å². The van der Waals surface area contributed by atoms with E-state index in [1.165, 1.54) is 5.56 Å². The highest BCUT2D eigenvalue weighted by Gasteiger charge is 2.31. The zero-order valence-corrected chi connectivity index (χ0v) is 22.2. The van der Waals surface area contributed by atoms with Crippen LogP contribution in [0.5, 0.6) is 5.75 Å². The van der Waals surface area contributed by atoms with Crippen molar-refractivity contribution in [2.45, 2.75) is 45.2 Å². The number of nitrogens with one attached hydrogen (secondary N) is 2. The van der Waals surface area contributed by atoms with Crippen molar-refractivity contribution in [2.24, 2.45) is 4.99 Å². The van der Waals surface area contributed by atoms with Gasteiger partial charge in [-0.1, -0.05) is 12.1 Å². The number of fused-ring (bicyclic) bond motifs is 2. The highest BCUT2D eigenvalue weighted by molar-refractivity contribution is 5.98. The smallest absolute Gasteiger partial charge is 0.247 e. The van der Waals surface area contributed by atoms with Gasteiger partial charge in [0.1, 0.15) is 23.1 Å². The molecule has 2 aromatic carbocycles. The highest BCUT2D eigenvalue weighted by atomic mass is 16.5. The van der Waals surface area contributed by atoms with E-state index in [-0.39, 0.29) is 24.3 Å². The van der Waals surface area contributed by atoms with Crippen LogP contribution >= 0.6 is 0 Å². The topological polar surface area (TPSA) is 123 Å². The fourth-order valence-electron chi connectivity index (χ4n) is 5.27. The van der Waals surface area contributed by atoms with Crippen molar-refractivity contribution in [1.29, 1.82) is 5.26 Å². The number of hydrogen-bond acceptors (Lipinski definition) is 6. The van der Waals surface area contributed by atoms with Gasteiger partial charge in [-0.3, -0.25) is 14.9 Å². The molecule has 0 spiro atoms. The lowest BCUT2D eigenvalue weighted by Gasteiger charge is -2.32. The Balaban J connectivity index is 1.29. The lowest BCUT2D eigenvalue weighted by Crippen LogP contribution is -2.47. The molecule has 0 aliphatic carbocycles. The first-order valence-electron chi connectivity index (χ1n) is 13.2. The number of aliphatic imine (C=N–C) groups is 1. The van der Waals surface area contributed by atoms with Crippen LogP contribution < -0.4 is 15.4 Å². The van der Waals surface area contributed by atoms with Gasteiger partial charge in [0, 0.05) is 36.3 Å². The number of likely N-dealkylation sites (tertiary alicyclic amines) is 1. The Bertz CT molecular complexity index is 1440. The van der Waals surface area contributed by atoms with E-state index in [0.717, 1.165) is 47.3 Å². The maximum atomic E-state index is 13.5. The molecule has 2 aliphatic rings. The summed E-state index contributed by atoms with van der Waals surface area (Å²) in [7, 11) is 1.63. The van der Waals surface area contributed by atoms with Gasteiger partial charge in [-0.05, 0) is 68.5 Å². The lowest BCUT2D eigenvalue weighted by molar-refractivity contribution is -0.141. The van der Waals surface area contributed by atoms with E-state index in [1.54, 1.807) is 16.9 Å². The number of guanidine groups is 1. The van der Waals surface area contributed by atoms with Crippen LogP contribution in [0.15, 0.2) is 51.9 Å². The minimum absolute atomic E-state index is 0.000282. The SMILES string of the molecule is COc1cccc2c1CN(C(=O)CN1CCCC[C@H](N=C(NC#N)Nc3ccc4oc(C)cc4c3)C1=O)CC2. The van der Waals surface area contributed by atoms with Crippen LogP contribution in [0.3, 0.4) is 0 Å². The number of amides is 2. The van der Waals surface area contributed by atoms with E-state index in [1.807, 2.05) is 49.5 Å². The molecule has 2 amide bonds. The minimum atomic E-state index is -0.703. The third kappa shape index (κ3) is 5.82. The average Bonchev–Trinajstić information content (AvgIpc) is 3.23. The molecule has 10 heteroatoms. The molecule has 10 nitrogen and oxygen atoms in total. The fraction of sp³-hybridized carbons (Fsp3) is 0.379. The van der Waals surface area contributed by atoms with Gasteiger partial charge < -0.3 is 24.3 Å². The van der Waals surface area contributed by atoms with Crippen molar-refractivity contribution in [3.05, 3.63) is 59.4 Å². The standard InChI is InChI=1S/C29H32N6O4/c1-19-14-21-15-22(9-10-25(21)39-19)32-29(31-18-30)33-24-7-3-4-12-35(28(24)37)17-27(36)34-13-11-20-6-5-8-26(38-2)23(20)16-34/h5-6,8-10,14-15,24H,3-4,7,11-13,16-17H2,1-2H3,(H2,31,32,33)/t24-/m0/s1. The second-order valence-corrected chi connectivity index (χ2v) is 9.88. The second kappa shape index (κ2) is 11.5. The van der Waals surface area contributed by atoms with Crippen LogP contribution in [0.2, 0.25) is 0 Å². The Hall–Kier alpha value is -4.52. The molecule has 3 aromatic rings. The first-order valence-corrected chi connectivity index (χ1v) is 13.2. The van der Waals surface area contributed by atoms with E-state index in [9.17, 15) is 14.9 Å². The van der Waals surface area contributed by atoms with Gasteiger partial charge in [-0.15, -0.1) is 0 Å². The maximum absolute atomic E-state index is 13.5. The predicted molar refractivity (Wildman–Crippen MR) is 147 cm³/mol. The fourth-order valence-corrected chi connectivity index (χ4v) is 5.27. The Morgan fingerprint density at radius 3 is 2.92 bits per heavy atom. The summed E-state index contributed by atoms with van der Waals surface area (Å²) in [6, 6.07) is 12.7. The molecule has 39 heavy (non-hydrogen) atoms. The van der Waals surface area contributed by atoms with Crippen LogP contribution in [0.25, 0.3) is 11.0 Å². The number of furan rings is 1. The van der Waals surface area contributed by atoms with Gasteiger partial charge in [-0.25, -0.2) is 4.99 Å². The summed E-state index contributed by atoms with van der Waals surface area (Å²) < 4.78 is 11.1. The monoisotopic (exact) mass is 528 g/mol. The lowest BCUT2D eigenvalue weighted by atomic mass is 9.98. The number of anilines is 1. The number of hydrogen-bond donors (Lipinski definition) is 2. The minimum Gasteiger partial charge on any atom is -0.496 e. The summed E-state index contributed by atoms with van der Waals surface area (Å²) in [6.45, 7) is 3.44. The number of benzene rings is 2. The van der Waals surface area contributed by atoms with Crippen LogP contribution in [-0.4, -0.2) is 60.4 Å². The Morgan fingerprint density at radius 2 is 2.10 bits per heavy atom. The number of aryl methyl sites for hydroxylation is 1. The summed E-state index contributed by atoms with van der Waals surface area (Å²) >= 11 is 0. The molecule has 0 saturated carbocycles. The van der Waals surface area contributed by atoms with E-state index < -0.39 is 6.04 Å². The molecule has 3 heterocycles. The molecular formula is C29H32N6O4. The predicted octanol–water partition coefficient (Wildman–Crippen LogP) is 3.55. The van der Waals surface area contributed by atoms with Crippen molar-refractivity contribution in [3.63, 3.8) is 0 Å². The third-order valence-electron chi connectivity index (χ3n) is 7.24. The third-order valence-corrected chi connectivity index (χ3v) is 7.24.